The van der Waals surface area contributed by atoms with Crippen molar-refractivity contribution in [1.82, 2.24) is 0 Å². The first-order chi connectivity index (χ1) is 14.1. The van der Waals surface area contributed by atoms with Gasteiger partial charge in [0.05, 0.1) is 23.1 Å². The summed E-state index contributed by atoms with van der Waals surface area (Å²) in [6, 6.07) is 7.54. The van der Waals surface area contributed by atoms with Crippen molar-refractivity contribution < 1.29 is 19.1 Å². The van der Waals surface area contributed by atoms with Gasteiger partial charge in [0.25, 0.3) is 0 Å². The monoisotopic (exact) mass is 430 g/mol. The molecular weight excluding hydrogens is 408 g/mol. The fourth-order valence-electron chi connectivity index (χ4n) is 3.65. The Morgan fingerprint density at radius 3 is 2.86 bits per heavy atom. The molecule has 2 N–H and O–H groups in total. The zero-order valence-electron chi connectivity index (χ0n) is 16.1. The van der Waals surface area contributed by atoms with Gasteiger partial charge in [-0.25, -0.2) is 4.79 Å². The Kier molecular flexibility index (Phi) is 5.91. The number of carbonyl (C=O) groups excluding carboxylic acids is 3. The molecule has 1 aliphatic carbocycles. The van der Waals surface area contributed by atoms with Gasteiger partial charge in [-0.2, -0.15) is 0 Å². The molecule has 4 rings (SSSR count). The van der Waals surface area contributed by atoms with E-state index in [0.29, 0.717) is 10.6 Å². The summed E-state index contributed by atoms with van der Waals surface area (Å²) in [7, 11) is 0. The highest BCUT2D eigenvalue weighted by atomic mass is 32.2. The lowest BCUT2D eigenvalue weighted by Gasteiger charge is -2.23. The van der Waals surface area contributed by atoms with Gasteiger partial charge in [0.2, 0.25) is 11.8 Å². The molecule has 6 nitrogen and oxygen atoms in total. The van der Waals surface area contributed by atoms with Crippen LogP contribution in [-0.2, 0) is 27.2 Å². The number of carbonyl (C=O) groups is 3. The first-order valence-corrected chi connectivity index (χ1v) is 11.4. The molecule has 0 unspecified atom stereocenters. The fourth-order valence-corrected chi connectivity index (χ4v) is 6.05. The third-order valence-electron chi connectivity index (χ3n) is 4.98. The number of anilines is 2. The second-order valence-electron chi connectivity index (χ2n) is 6.98. The maximum Gasteiger partial charge on any atom is 0.341 e. The van der Waals surface area contributed by atoms with Gasteiger partial charge in [-0.15, -0.1) is 23.1 Å². The summed E-state index contributed by atoms with van der Waals surface area (Å²) in [4.78, 5) is 39.7. The lowest BCUT2D eigenvalue weighted by molar-refractivity contribution is -0.120. The van der Waals surface area contributed by atoms with Crippen LogP contribution in [0.15, 0.2) is 29.2 Å². The number of amides is 2. The molecule has 0 saturated carbocycles. The van der Waals surface area contributed by atoms with Crippen LogP contribution in [0.1, 0.15) is 47.0 Å². The number of hydrogen-bond donors (Lipinski definition) is 2. The molecule has 29 heavy (non-hydrogen) atoms. The summed E-state index contributed by atoms with van der Waals surface area (Å²) < 4.78 is 5.23. The van der Waals surface area contributed by atoms with Gasteiger partial charge in [0.15, 0.2) is 0 Å². The number of ether oxygens (including phenoxy) is 1. The van der Waals surface area contributed by atoms with E-state index in [1.165, 1.54) is 23.1 Å². The summed E-state index contributed by atoms with van der Waals surface area (Å²) in [5.41, 5.74) is 2.27. The minimum atomic E-state index is -0.509. The zero-order valence-corrected chi connectivity index (χ0v) is 17.7. The van der Waals surface area contributed by atoms with E-state index >= 15 is 0 Å². The molecule has 0 bridgehead atoms. The fraction of sp³-hybridized carbons (Fsp3) is 0.381. The maximum absolute atomic E-state index is 12.7. The predicted molar refractivity (Wildman–Crippen MR) is 115 cm³/mol. The Bertz CT molecular complexity index is 970. The number of fused-ring (bicyclic) bond motifs is 2. The van der Waals surface area contributed by atoms with Crippen LogP contribution in [0.2, 0.25) is 0 Å². The van der Waals surface area contributed by atoms with Crippen molar-refractivity contribution in [3.05, 3.63) is 40.3 Å². The van der Waals surface area contributed by atoms with Crippen molar-refractivity contribution in [2.45, 2.75) is 49.2 Å². The number of hydrogen-bond acceptors (Lipinski definition) is 6. The molecule has 1 aromatic carbocycles. The molecule has 2 amide bonds. The average Bonchev–Trinajstić information content (AvgIpc) is 3.06. The lowest BCUT2D eigenvalue weighted by atomic mass is 9.95. The molecule has 0 saturated heterocycles. The third-order valence-corrected chi connectivity index (χ3v) is 7.46. The van der Waals surface area contributed by atoms with Crippen molar-refractivity contribution in [1.29, 1.82) is 0 Å². The van der Waals surface area contributed by atoms with Gasteiger partial charge in [-0.05, 0) is 50.3 Å². The first kappa shape index (κ1) is 20.0. The third kappa shape index (κ3) is 4.18. The Morgan fingerprint density at radius 2 is 2.03 bits per heavy atom. The lowest BCUT2D eigenvalue weighted by Crippen LogP contribution is -2.32. The number of esters is 1. The predicted octanol–water partition coefficient (Wildman–Crippen LogP) is 4.25. The van der Waals surface area contributed by atoms with E-state index in [2.05, 4.69) is 10.6 Å². The van der Waals surface area contributed by atoms with E-state index in [4.69, 9.17) is 4.74 Å². The van der Waals surface area contributed by atoms with E-state index in [1.807, 2.05) is 24.3 Å². The molecule has 1 aliphatic heterocycles. The van der Waals surface area contributed by atoms with Crippen molar-refractivity contribution in [2.24, 2.45) is 0 Å². The van der Waals surface area contributed by atoms with E-state index in [9.17, 15) is 14.4 Å². The summed E-state index contributed by atoms with van der Waals surface area (Å²) in [6.45, 7) is 2.06. The van der Waals surface area contributed by atoms with Crippen molar-refractivity contribution in [2.75, 3.05) is 17.2 Å². The number of thiophene rings is 1. The zero-order chi connectivity index (χ0) is 20.4. The first-order valence-electron chi connectivity index (χ1n) is 9.75. The average molecular weight is 431 g/mol. The van der Waals surface area contributed by atoms with Crippen LogP contribution < -0.4 is 10.6 Å². The standard InChI is InChI=1S/C21H22N2O4S2/c1-2-27-21(26)18-12-7-3-5-9-14(12)29-20(18)23-17(24)11-16-19(25)22-13-8-4-6-10-15(13)28-16/h4,6,8,10,16H,2-3,5,7,9,11H2,1H3,(H,22,25)(H,23,24)/t16-/m1/s1. The number of nitrogens with one attached hydrogen (secondary N) is 2. The second-order valence-corrected chi connectivity index (χ2v) is 9.33. The molecule has 8 heteroatoms. The number of benzene rings is 1. The highest BCUT2D eigenvalue weighted by Crippen LogP contribution is 2.40. The molecule has 2 aliphatic rings. The van der Waals surface area contributed by atoms with Crippen molar-refractivity contribution in [3.63, 3.8) is 0 Å². The Balaban J connectivity index is 1.51. The van der Waals surface area contributed by atoms with Crippen LogP contribution in [0.4, 0.5) is 10.7 Å². The topological polar surface area (TPSA) is 84.5 Å². The van der Waals surface area contributed by atoms with Gasteiger partial charge in [-0.1, -0.05) is 12.1 Å². The van der Waals surface area contributed by atoms with E-state index in [-0.39, 0.29) is 30.8 Å². The minimum absolute atomic E-state index is 0.0374. The summed E-state index contributed by atoms with van der Waals surface area (Å²) in [5.74, 6) is -0.845. The van der Waals surface area contributed by atoms with E-state index in [1.54, 1.807) is 6.92 Å². The number of thioether (sulfide) groups is 1. The SMILES string of the molecule is CCOC(=O)c1c(NC(=O)C[C@H]2Sc3ccccc3NC2=O)sc2c1CCCC2. The van der Waals surface area contributed by atoms with Gasteiger partial charge in [-0.3, -0.25) is 9.59 Å². The molecule has 1 atom stereocenters. The Hall–Kier alpha value is -2.32. The van der Waals surface area contributed by atoms with E-state index < -0.39 is 5.25 Å². The highest BCUT2D eigenvalue weighted by Gasteiger charge is 2.31. The van der Waals surface area contributed by atoms with E-state index in [0.717, 1.165) is 46.7 Å². The summed E-state index contributed by atoms with van der Waals surface area (Å²) in [6.07, 6.45) is 3.90. The van der Waals surface area contributed by atoms with Crippen molar-refractivity contribution >= 4 is 51.6 Å². The second kappa shape index (κ2) is 8.59. The van der Waals surface area contributed by atoms with Gasteiger partial charge >= 0.3 is 5.97 Å². The van der Waals surface area contributed by atoms with Crippen LogP contribution >= 0.6 is 23.1 Å². The number of para-hydroxylation sites is 1. The molecule has 0 spiro atoms. The Labute approximate surface area is 177 Å². The molecule has 2 aromatic rings. The van der Waals surface area contributed by atoms with Crippen LogP contribution in [0, 0.1) is 0 Å². The van der Waals surface area contributed by atoms with Crippen LogP contribution in [-0.4, -0.2) is 29.6 Å². The minimum Gasteiger partial charge on any atom is -0.462 e. The largest absolute Gasteiger partial charge is 0.462 e. The highest BCUT2D eigenvalue weighted by molar-refractivity contribution is 8.01. The maximum atomic E-state index is 12.7. The summed E-state index contributed by atoms with van der Waals surface area (Å²) in [5, 5.41) is 5.77. The summed E-state index contributed by atoms with van der Waals surface area (Å²) >= 11 is 2.84. The van der Waals surface area contributed by atoms with Crippen LogP contribution in [0.25, 0.3) is 0 Å². The van der Waals surface area contributed by atoms with Gasteiger partial charge < -0.3 is 15.4 Å². The van der Waals surface area contributed by atoms with Crippen molar-refractivity contribution in [3.8, 4) is 0 Å². The quantitative estimate of drug-likeness (QED) is 0.693. The Morgan fingerprint density at radius 1 is 1.24 bits per heavy atom. The smallest absolute Gasteiger partial charge is 0.341 e. The number of rotatable bonds is 5. The molecule has 0 radical (unpaired) electrons. The molecule has 152 valence electrons. The number of aryl methyl sites for hydroxylation is 1. The van der Waals surface area contributed by atoms with Crippen LogP contribution in [0.5, 0.6) is 0 Å². The molecule has 0 fully saturated rings. The van der Waals surface area contributed by atoms with Crippen LogP contribution in [0.3, 0.4) is 0 Å². The molecule has 1 aromatic heterocycles. The van der Waals surface area contributed by atoms with Gasteiger partial charge in [0.1, 0.15) is 5.00 Å². The molecule has 2 heterocycles. The van der Waals surface area contributed by atoms with Gasteiger partial charge in [0, 0.05) is 16.2 Å². The molecular formula is C21H22N2O4S2. The normalized spacial score (nSPS) is 17.7.